The standard InChI is InChI=1S/C12H18N6S/c1-8(2)10-11(15-6-16-12(10)18-13)14-4-3-9-5-19-7-17-9/h5-8H,3-4,13H2,1-2H3,(H2,14,15,16,18). The Morgan fingerprint density at radius 1 is 1.26 bits per heavy atom. The molecule has 7 heteroatoms. The van der Waals surface area contributed by atoms with Crippen molar-refractivity contribution in [3.05, 3.63) is 28.5 Å². The normalized spacial score (nSPS) is 10.7. The van der Waals surface area contributed by atoms with E-state index in [0.29, 0.717) is 5.82 Å². The highest BCUT2D eigenvalue weighted by atomic mass is 32.1. The van der Waals surface area contributed by atoms with Gasteiger partial charge in [-0.3, -0.25) is 0 Å². The molecule has 2 aromatic rings. The number of hydrazine groups is 1. The number of aromatic nitrogens is 3. The SMILES string of the molecule is CC(C)c1c(NN)ncnc1NCCc1cscn1. The zero-order valence-corrected chi connectivity index (χ0v) is 11.9. The number of thiazole rings is 1. The summed E-state index contributed by atoms with van der Waals surface area (Å²) in [6, 6.07) is 0. The van der Waals surface area contributed by atoms with Crippen molar-refractivity contribution < 1.29 is 0 Å². The topological polar surface area (TPSA) is 88.8 Å². The molecule has 0 saturated heterocycles. The van der Waals surface area contributed by atoms with Gasteiger partial charge in [0.05, 0.1) is 11.2 Å². The predicted octanol–water partition coefficient (Wildman–Crippen LogP) is 2.00. The van der Waals surface area contributed by atoms with E-state index in [2.05, 4.69) is 44.9 Å². The van der Waals surface area contributed by atoms with Crippen LogP contribution in [0, 0.1) is 0 Å². The van der Waals surface area contributed by atoms with Gasteiger partial charge in [0.15, 0.2) is 0 Å². The Bertz CT molecular complexity index is 511. The molecule has 2 aromatic heterocycles. The number of nitrogens with zero attached hydrogens (tertiary/aromatic N) is 3. The van der Waals surface area contributed by atoms with E-state index in [-0.39, 0.29) is 5.92 Å². The molecule has 2 heterocycles. The molecular formula is C12H18N6S. The maximum Gasteiger partial charge on any atom is 0.148 e. The molecule has 0 amide bonds. The van der Waals surface area contributed by atoms with Gasteiger partial charge in [0, 0.05) is 23.9 Å². The fourth-order valence-electron chi connectivity index (χ4n) is 1.87. The molecule has 0 spiro atoms. The molecule has 0 aliphatic carbocycles. The minimum absolute atomic E-state index is 0.286. The van der Waals surface area contributed by atoms with Gasteiger partial charge in [0.25, 0.3) is 0 Å². The van der Waals surface area contributed by atoms with Crippen LogP contribution in [0.3, 0.4) is 0 Å². The van der Waals surface area contributed by atoms with Crippen LogP contribution >= 0.6 is 11.3 Å². The summed E-state index contributed by atoms with van der Waals surface area (Å²) in [7, 11) is 0. The van der Waals surface area contributed by atoms with Crippen LogP contribution in [-0.4, -0.2) is 21.5 Å². The van der Waals surface area contributed by atoms with Crippen LogP contribution in [0.5, 0.6) is 0 Å². The largest absolute Gasteiger partial charge is 0.369 e. The lowest BCUT2D eigenvalue weighted by atomic mass is 10.0. The number of nitrogens with one attached hydrogen (secondary N) is 2. The van der Waals surface area contributed by atoms with Crippen LogP contribution in [0.25, 0.3) is 0 Å². The summed E-state index contributed by atoms with van der Waals surface area (Å²) in [5, 5.41) is 5.38. The molecule has 6 nitrogen and oxygen atoms in total. The number of nitrogens with two attached hydrogens (primary N) is 1. The van der Waals surface area contributed by atoms with Crippen molar-refractivity contribution in [2.24, 2.45) is 5.84 Å². The summed E-state index contributed by atoms with van der Waals surface area (Å²) in [6.07, 6.45) is 2.38. The van der Waals surface area contributed by atoms with E-state index < -0.39 is 0 Å². The van der Waals surface area contributed by atoms with Crippen molar-refractivity contribution in [2.75, 3.05) is 17.3 Å². The molecule has 0 aromatic carbocycles. The minimum atomic E-state index is 0.286. The van der Waals surface area contributed by atoms with Gasteiger partial charge >= 0.3 is 0 Å². The average molecular weight is 278 g/mol. The number of nitrogen functional groups attached to an aromatic ring is 1. The second-order valence-electron chi connectivity index (χ2n) is 4.44. The van der Waals surface area contributed by atoms with E-state index in [1.807, 2.05) is 5.51 Å². The lowest BCUT2D eigenvalue weighted by Gasteiger charge is -2.16. The summed E-state index contributed by atoms with van der Waals surface area (Å²) in [5.41, 5.74) is 6.56. The molecule has 0 unspecified atom stereocenters. The Kier molecular flexibility index (Phi) is 4.64. The molecular weight excluding hydrogens is 260 g/mol. The number of hydrogen-bond acceptors (Lipinski definition) is 7. The molecule has 0 fully saturated rings. The maximum absolute atomic E-state index is 5.49. The third kappa shape index (κ3) is 3.39. The third-order valence-electron chi connectivity index (χ3n) is 2.76. The van der Waals surface area contributed by atoms with Crippen LogP contribution in [0.1, 0.15) is 31.0 Å². The monoisotopic (exact) mass is 278 g/mol. The quantitative estimate of drug-likeness (QED) is 0.553. The van der Waals surface area contributed by atoms with Crippen molar-refractivity contribution >= 4 is 23.0 Å². The van der Waals surface area contributed by atoms with Gasteiger partial charge in [-0.1, -0.05) is 13.8 Å². The Morgan fingerprint density at radius 2 is 2.05 bits per heavy atom. The smallest absolute Gasteiger partial charge is 0.148 e. The second-order valence-corrected chi connectivity index (χ2v) is 5.16. The molecule has 2 rings (SSSR count). The molecule has 0 aliphatic rings. The van der Waals surface area contributed by atoms with Gasteiger partial charge in [-0.2, -0.15) is 0 Å². The first-order chi connectivity index (χ1) is 9.22. The fraction of sp³-hybridized carbons (Fsp3) is 0.417. The van der Waals surface area contributed by atoms with Gasteiger partial charge < -0.3 is 10.7 Å². The summed E-state index contributed by atoms with van der Waals surface area (Å²) in [6.45, 7) is 4.96. The molecule has 0 bridgehead atoms. The zero-order chi connectivity index (χ0) is 13.7. The first kappa shape index (κ1) is 13.7. The maximum atomic E-state index is 5.49. The van der Waals surface area contributed by atoms with Crippen molar-refractivity contribution in [3.8, 4) is 0 Å². The van der Waals surface area contributed by atoms with Crippen LogP contribution in [-0.2, 0) is 6.42 Å². The number of rotatable bonds is 6. The molecule has 0 atom stereocenters. The van der Waals surface area contributed by atoms with E-state index >= 15 is 0 Å². The van der Waals surface area contributed by atoms with Gasteiger partial charge in [-0.15, -0.1) is 11.3 Å². The highest BCUT2D eigenvalue weighted by Gasteiger charge is 2.13. The summed E-state index contributed by atoms with van der Waals surface area (Å²) in [4.78, 5) is 12.7. The van der Waals surface area contributed by atoms with Crippen molar-refractivity contribution in [1.29, 1.82) is 0 Å². The van der Waals surface area contributed by atoms with Crippen LogP contribution < -0.4 is 16.6 Å². The van der Waals surface area contributed by atoms with Crippen LogP contribution in [0.4, 0.5) is 11.6 Å². The average Bonchev–Trinajstić information content (AvgIpc) is 2.91. The third-order valence-corrected chi connectivity index (χ3v) is 3.39. The van der Waals surface area contributed by atoms with E-state index in [1.165, 1.54) is 6.33 Å². The molecule has 0 aliphatic heterocycles. The van der Waals surface area contributed by atoms with Crippen molar-refractivity contribution in [3.63, 3.8) is 0 Å². The van der Waals surface area contributed by atoms with E-state index in [9.17, 15) is 0 Å². The molecule has 102 valence electrons. The first-order valence-corrected chi connectivity index (χ1v) is 7.09. The number of hydrogen-bond donors (Lipinski definition) is 3. The van der Waals surface area contributed by atoms with Gasteiger partial charge in [-0.25, -0.2) is 20.8 Å². The highest BCUT2D eigenvalue weighted by Crippen LogP contribution is 2.27. The fourth-order valence-corrected chi connectivity index (χ4v) is 2.46. The van der Waals surface area contributed by atoms with Crippen molar-refractivity contribution in [1.82, 2.24) is 15.0 Å². The lowest BCUT2D eigenvalue weighted by molar-refractivity contribution is 0.842. The highest BCUT2D eigenvalue weighted by molar-refractivity contribution is 7.07. The van der Waals surface area contributed by atoms with Crippen LogP contribution in [0.15, 0.2) is 17.2 Å². The Hall–Kier alpha value is -1.73. The molecule has 19 heavy (non-hydrogen) atoms. The summed E-state index contributed by atoms with van der Waals surface area (Å²) < 4.78 is 0. The van der Waals surface area contributed by atoms with Gasteiger partial charge in [0.2, 0.25) is 0 Å². The minimum Gasteiger partial charge on any atom is -0.369 e. The predicted molar refractivity (Wildman–Crippen MR) is 78.2 cm³/mol. The summed E-state index contributed by atoms with van der Waals surface area (Å²) in [5.74, 6) is 7.27. The summed E-state index contributed by atoms with van der Waals surface area (Å²) >= 11 is 1.61. The Labute approximate surface area is 116 Å². The van der Waals surface area contributed by atoms with E-state index in [4.69, 9.17) is 5.84 Å². The van der Waals surface area contributed by atoms with Gasteiger partial charge in [-0.05, 0) is 5.92 Å². The molecule has 0 saturated carbocycles. The second kappa shape index (κ2) is 6.44. The van der Waals surface area contributed by atoms with Crippen molar-refractivity contribution in [2.45, 2.75) is 26.2 Å². The van der Waals surface area contributed by atoms with E-state index in [1.54, 1.807) is 11.3 Å². The molecule has 4 N–H and O–H groups in total. The first-order valence-electron chi connectivity index (χ1n) is 6.14. The Morgan fingerprint density at radius 3 is 2.68 bits per heavy atom. The Balaban J connectivity index is 2.07. The zero-order valence-electron chi connectivity index (χ0n) is 11.1. The lowest BCUT2D eigenvalue weighted by Crippen LogP contribution is -2.16. The van der Waals surface area contributed by atoms with Gasteiger partial charge in [0.1, 0.15) is 18.0 Å². The number of anilines is 2. The van der Waals surface area contributed by atoms with E-state index in [0.717, 1.165) is 30.0 Å². The van der Waals surface area contributed by atoms with Crippen LogP contribution in [0.2, 0.25) is 0 Å². The molecule has 0 radical (unpaired) electrons.